The van der Waals surface area contributed by atoms with Crippen molar-refractivity contribution < 1.29 is 19.9 Å². The summed E-state index contributed by atoms with van der Waals surface area (Å²) in [5.74, 6) is 0. The average Bonchev–Trinajstić information content (AvgIpc) is 3.04. The van der Waals surface area contributed by atoms with Crippen LogP contribution in [0.4, 0.5) is 5.69 Å². The number of hydrogen-bond acceptors (Lipinski definition) is 8. The van der Waals surface area contributed by atoms with Gasteiger partial charge in [-0.1, -0.05) is 11.8 Å². The zero-order valence-electron chi connectivity index (χ0n) is 14.4. The second-order valence-electron chi connectivity index (χ2n) is 6.04. The van der Waals surface area contributed by atoms with E-state index in [0.717, 1.165) is 9.46 Å². The SMILES string of the molecule is O=c1[nH]c(=O)n([C@H]2C[C@H](O)[C@@H](CO)O2)cc1/C=C/Sc1ccc([N+](=O)[O-])cc1. The summed E-state index contributed by atoms with van der Waals surface area (Å²) in [6.45, 7) is -0.381. The Balaban J connectivity index is 1.77. The Morgan fingerprint density at radius 3 is 2.68 bits per heavy atom. The lowest BCUT2D eigenvalue weighted by molar-refractivity contribution is -0.384. The number of aliphatic hydroxyl groups is 2. The van der Waals surface area contributed by atoms with Crippen LogP contribution in [0.25, 0.3) is 6.08 Å². The van der Waals surface area contributed by atoms with Crippen LogP contribution in [0, 0.1) is 10.1 Å². The Bertz CT molecular complexity index is 999. The molecule has 0 aliphatic carbocycles. The fourth-order valence-electron chi connectivity index (χ4n) is 2.72. The Kier molecular flexibility index (Phi) is 6.09. The van der Waals surface area contributed by atoms with E-state index in [9.17, 15) is 24.8 Å². The second kappa shape index (κ2) is 8.52. The summed E-state index contributed by atoms with van der Waals surface area (Å²) in [6.07, 6.45) is 0.427. The predicted molar refractivity (Wildman–Crippen MR) is 101 cm³/mol. The number of nitrogens with zero attached hydrogens (tertiary/aromatic N) is 2. The van der Waals surface area contributed by atoms with Crippen molar-refractivity contribution in [1.82, 2.24) is 9.55 Å². The molecule has 0 bridgehead atoms. The lowest BCUT2D eigenvalue weighted by Crippen LogP contribution is -2.33. The largest absolute Gasteiger partial charge is 0.394 e. The van der Waals surface area contributed by atoms with E-state index in [1.807, 2.05) is 0 Å². The van der Waals surface area contributed by atoms with Crippen LogP contribution in [0.15, 0.2) is 50.4 Å². The van der Waals surface area contributed by atoms with E-state index < -0.39 is 34.6 Å². The van der Waals surface area contributed by atoms with Gasteiger partial charge in [0.25, 0.3) is 11.2 Å². The first-order valence-corrected chi connectivity index (χ1v) is 9.14. The van der Waals surface area contributed by atoms with E-state index >= 15 is 0 Å². The fourth-order valence-corrected chi connectivity index (χ4v) is 3.38. The van der Waals surface area contributed by atoms with Gasteiger partial charge in [0, 0.05) is 29.6 Å². The number of benzene rings is 1. The summed E-state index contributed by atoms with van der Waals surface area (Å²) in [7, 11) is 0. The molecule has 148 valence electrons. The lowest BCUT2D eigenvalue weighted by Gasteiger charge is -2.14. The van der Waals surface area contributed by atoms with Gasteiger partial charge in [-0.15, -0.1) is 0 Å². The number of ether oxygens (including phenoxy) is 1. The molecule has 3 rings (SSSR count). The molecule has 1 aromatic carbocycles. The number of nitro groups is 1. The van der Waals surface area contributed by atoms with Crippen LogP contribution in [0.3, 0.4) is 0 Å². The average molecular weight is 407 g/mol. The van der Waals surface area contributed by atoms with Crippen molar-refractivity contribution in [3.63, 3.8) is 0 Å². The molecule has 1 aliphatic rings. The molecule has 1 aliphatic heterocycles. The molecule has 3 N–H and O–H groups in total. The molecule has 1 saturated heterocycles. The highest BCUT2D eigenvalue weighted by molar-refractivity contribution is 8.02. The second-order valence-corrected chi connectivity index (χ2v) is 7.02. The third kappa shape index (κ3) is 4.39. The zero-order valence-corrected chi connectivity index (χ0v) is 15.2. The number of aliphatic hydroxyl groups excluding tert-OH is 2. The van der Waals surface area contributed by atoms with Crippen LogP contribution in [0.1, 0.15) is 18.2 Å². The highest BCUT2D eigenvalue weighted by Gasteiger charge is 2.35. The highest BCUT2D eigenvalue weighted by atomic mass is 32.2. The minimum Gasteiger partial charge on any atom is -0.394 e. The van der Waals surface area contributed by atoms with Crippen LogP contribution >= 0.6 is 11.8 Å². The molecule has 0 unspecified atom stereocenters. The van der Waals surface area contributed by atoms with Crippen molar-refractivity contribution in [3.05, 3.63) is 72.4 Å². The number of H-pyrrole nitrogens is 1. The molecular weight excluding hydrogens is 390 g/mol. The predicted octanol–water partition coefficient (Wildman–Crippen LogP) is 0.848. The van der Waals surface area contributed by atoms with Gasteiger partial charge < -0.3 is 14.9 Å². The molecule has 1 fully saturated rings. The molecule has 2 aromatic rings. The van der Waals surface area contributed by atoms with Gasteiger partial charge in [0.1, 0.15) is 12.3 Å². The van der Waals surface area contributed by atoms with Gasteiger partial charge in [-0.05, 0) is 23.6 Å². The van der Waals surface area contributed by atoms with Gasteiger partial charge in [-0.2, -0.15) is 0 Å². The number of rotatable bonds is 6. The molecule has 28 heavy (non-hydrogen) atoms. The molecule has 3 atom stereocenters. The Morgan fingerprint density at radius 1 is 1.36 bits per heavy atom. The first-order chi connectivity index (χ1) is 13.4. The zero-order chi connectivity index (χ0) is 20.3. The maximum absolute atomic E-state index is 12.1. The van der Waals surface area contributed by atoms with Crippen molar-refractivity contribution in [1.29, 1.82) is 0 Å². The smallest absolute Gasteiger partial charge is 0.330 e. The van der Waals surface area contributed by atoms with Crippen LogP contribution in [0.2, 0.25) is 0 Å². The first kappa shape index (κ1) is 20.0. The monoisotopic (exact) mass is 407 g/mol. The normalized spacial score (nSPS) is 22.0. The molecule has 1 aromatic heterocycles. The number of nitrogens with one attached hydrogen (secondary N) is 1. The molecule has 0 amide bonds. The van der Waals surface area contributed by atoms with Crippen LogP contribution in [-0.4, -0.2) is 43.5 Å². The van der Waals surface area contributed by atoms with Gasteiger partial charge in [0.15, 0.2) is 0 Å². The Hall–Kier alpha value is -2.73. The Morgan fingerprint density at radius 2 is 2.07 bits per heavy atom. The third-order valence-corrected chi connectivity index (χ3v) is 5.01. The minimum atomic E-state index is -0.912. The van der Waals surface area contributed by atoms with Crippen LogP contribution in [-0.2, 0) is 4.74 Å². The quantitative estimate of drug-likeness (QED) is 0.363. The van der Waals surface area contributed by atoms with E-state index in [4.69, 9.17) is 9.84 Å². The molecule has 0 spiro atoms. The molecule has 0 radical (unpaired) electrons. The standard InChI is InChI=1S/C17H17N3O7S/c21-9-14-13(22)7-15(27-14)19-8-10(16(23)18-17(19)24)5-6-28-12-3-1-11(2-4-12)20(25)26/h1-6,8,13-15,21-22H,7,9H2,(H,18,23,24)/b6-5+/t13-,14+,15+/m0/s1. The van der Waals surface area contributed by atoms with Gasteiger partial charge in [0.2, 0.25) is 0 Å². The van der Waals surface area contributed by atoms with Crippen molar-refractivity contribution >= 4 is 23.5 Å². The van der Waals surface area contributed by atoms with E-state index in [1.54, 1.807) is 17.5 Å². The third-order valence-electron chi connectivity index (χ3n) is 4.19. The fraction of sp³-hybridized carbons (Fsp3) is 0.294. The lowest BCUT2D eigenvalue weighted by atomic mass is 10.2. The van der Waals surface area contributed by atoms with Crippen molar-refractivity contribution in [2.45, 2.75) is 29.8 Å². The van der Waals surface area contributed by atoms with Crippen molar-refractivity contribution in [3.8, 4) is 0 Å². The van der Waals surface area contributed by atoms with Gasteiger partial charge in [0.05, 0.1) is 23.2 Å². The molecule has 11 heteroatoms. The molecular formula is C17H17N3O7S. The molecule has 2 heterocycles. The van der Waals surface area contributed by atoms with Gasteiger partial charge in [-0.3, -0.25) is 24.5 Å². The number of nitro benzene ring substituents is 1. The van der Waals surface area contributed by atoms with Crippen molar-refractivity contribution in [2.75, 3.05) is 6.61 Å². The number of thioether (sulfide) groups is 1. The number of hydrogen-bond donors (Lipinski definition) is 3. The minimum absolute atomic E-state index is 0.0169. The summed E-state index contributed by atoms with van der Waals surface area (Å²) in [5, 5.41) is 31.3. The maximum atomic E-state index is 12.1. The van der Waals surface area contributed by atoms with E-state index in [1.165, 1.54) is 36.2 Å². The maximum Gasteiger partial charge on any atom is 0.330 e. The summed E-state index contributed by atoms with van der Waals surface area (Å²) in [5.41, 5.74) is -1.09. The summed E-state index contributed by atoms with van der Waals surface area (Å²) < 4.78 is 6.61. The highest BCUT2D eigenvalue weighted by Crippen LogP contribution is 2.27. The summed E-state index contributed by atoms with van der Waals surface area (Å²) >= 11 is 1.24. The summed E-state index contributed by atoms with van der Waals surface area (Å²) in [6, 6.07) is 5.93. The molecule has 0 saturated carbocycles. The number of aromatic nitrogens is 2. The topological polar surface area (TPSA) is 148 Å². The summed E-state index contributed by atoms with van der Waals surface area (Å²) in [4.78, 5) is 37.2. The Labute approximate surface area is 162 Å². The van der Waals surface area contributed by atoms with E-state index in [2.05, 4.69) is 4.98 Å². The number of non-ortho nitro benzene ring substituents is 1. The first-order valence-electron chi connectivity index (χ1n) is 8.26. The van der Waals surface area contributed by atoms with E-state index in [0.29, 0.717) is 0 Å². The van der Waals surface area contributed by atoms with Crippen molar-refractivity contribution in [2.24, 2.45) is 0 Å². The molecule has 10 nitrogen and oxygen atoms in total. The van der Waals surface area contributed by atoms with Gasteiger partial charge >= 0.3 is 5.69 Å². The van der Waals surface area contributed by atoms with Crippen LogP contribution in [0.5, 0.6) is 0 Å². The van der Waals surface area contributed by atoms with Gasteiger partial charge in [-0.25, -0.2) is 4.79 Å². The van der Waals surface area contributed by atoms with E-state index in [-0.39, 0.29) is 24.3 Å². The number of aromatic amines is 1. The van der Waals surface area contributed by atoms with Crippen LogP contribution < -0.4 is 11.2 Å².